The van der Waals surface area contributed by atoms with Crippen LogP contribution in [0.4, 0.5) is 0 Å². The van der Waals surface area contributed by atoms with Gasteiger partial charge in [0.25, 0.3) is 0 Å². The fourth-order valence-corrected chi connectivity index (χ4v) is 12.5. The Morgan fingerprint density at radius 1 is 0.350 bits per heavy atom. The molecular weight excluding hydrogens is 781 g/mol. The van der Waals surface area contributed by atoms with Gasteiger partial charge in [-0.05, 0) is 174 Å². The smallest absolute Gasteiger partial charge is 0.207 e. The van der Waals surface area contributed by atoms with Crippen LogP contribution in [0.15, 0.2) is 143 Å². The molecule has 0 saturated carbocycles. The monoisotopic (exact) mass is 822 g/mol. The number of aryl methyl sites for hydroxylation is 4. The number of hydrogen-bond donors (Lipinski definition) is 0. The van der Waals surface area contributed by atoms with Crippen molar-refractivity contribution in [3.05, 3.63) is 178 Å². The summed E-state index contributed by atoms with van der Waals surface area (Å²) in [6.07, 6.45) is 0. The third kappa shape index (κ3) is 5.73. The summed E-state index contributed by atoms with van der Waals surface area (Å²) in [6, 6.07) is 45.1. The Hall–Kier alpha value is -5.90. The van der Waals surface area contributed by atoms with Gasteiger partial charge in [0.05, 0.1) is 9.79 Å². The van der Waals surface area contributed by atoms with Crippen LogP contribution in [0.5, 0.6) is 0 Å². The Bertz CT molecular complexity index is 3380. The third-order valence-corrected chi connectivity index (χ3v) is 16.7. The van der Waals surface area contributed by atoms with Crippen molar-refractivity contribution < 1.29 is 16.8 Å². The number of hydrogen-bond acceptors (Lipinski definition) is 4. The van der Waals surface area contributed by atoms with Gasteiger partial charge in [0.1, 0.15) is 0 Å². The Kier molecular flexibility index (Phi) is 8.23. The zero-order valence-electron chi connectivity index (χ0n) is 33.9. The molecule has 0 aliphatic carbocycles. The molecule has 2 aliphatic rings. The summed E-state index contributed by atoms with van der Waals surface area (Å²) in [7, 11) is -7.50. The van der Waals surface area contributed by atoms with Crippen LogP contribution in [-0.4, -0.2) is 25.4 Å². The highest BCUT2D eigenvalue weighted by molar-refractivity contribution is 7.89. The van der Waals surface area contributed by atoms with Gasteiger partial charge in [-0.15, -0.1) is 0 Å². The highest BCUT2D eigenvalue weighted by Crippen LogP contribution is 2.42. The normalized spacial score (nSPS) is 14.9. The van der Waals surface area contributed by atoms with Gasteiger partial charge in [-0.3, -0.25) is 0 Å². The van der Waals surface area contributed by atoms with Crippen LogP contribution in [0.25, 0.3) is 64.6 Å². The molecule has 0 spiro atoms. The van der Waals surface area contributed by atoms with E-state index in [1.165, 1.54) is 0 Å². The molecule has 11 rings (SSSR count). The second-order valence-electron chi connectivity index (χ2n) is 16.9. The average molecular weight is 823 g/mol. The van der Waals surface area contributed by atoms with Crippen LogP contribution in [0.3, 0.4) is 0 Å². The molecule has 0 saturated heterocycles. The fourth-order valence-electron chi connectivity index (χ4n) is 9.77. The van der Waals surface area contributed by atoms with Crippen molar-refractivity contribution in [3.63, 3.8) is 0 Å². The van der Waals surface area contributed by atoms with Gasteiger partial charge < -0.3 is 0 Å². The predicted molar refractivity (Wildman–Crippen MR) is 245 cm³/mol. The molecule has 9 aromatic carbocycles. The summed E-state index contributed by atoms with van der Waals surface area (Å²) in [5.74, 6) is 0. The van der Waals surface area contributed by atoms with Crippen molar-refractivity contribution in [2.24, 2.45) is 0 Å². The number of rotatable bonds is 4. The number of benzene rings is 8. The first kappa shape index (κ1) is 37.1. The molecule has 0 radical (unpaired) electrons. The molecule has 6 nitrogen and oxygen atoms in total. The highest BCUT2D eigenvalue weighted by atomic mass is 32.2. The number of fused-ring (bicyclic) bond motifs is 14. The first-order chi connectivity index (χ1) is 28.8. The van der Waals surface area contributed by atoms with E-state index in [2.05, 4.69) is 98.8 Å². The van der Waals surface area contributed by atoms with E-state index < -0.39 is 20.0 Å². The fraction of sp³-hybridized carbons (Fsp3) is 0.154. The number of sulfonamides is 2. The molecule has 6 bridgehead atoms. The molecule has 0 atom stereocenters. The van der Waals surface area contributed by atoms with Gasteiger partial charge in [-0.25, -0.2) is 16.8 Å². The van der Waals surface area contributed by atoms with E-state index in [-0.39, 0.29) is 13.1 Å². The molecule has 60 heavy (non-hydrogen) atoms. The molecule has 8 heteroatoms. The molecule has 0 N–H and O–H groups in total. The molecule has 0 unspecified atom stereocenters. The predicted octanol–water partition coefficient (Wildman–Crippen LogP) is 11.8. The quantitative estimate of drug-likeness (QED) is 0.177. The van der Waals surface area contributed by atoms with E-state index in [4.69, 9.17) is 0 Å². The molecule has 2 aliphatic heterocycles. The van der Waals surface area contributed by atoms with Crippen LogP contribution in [0.2, 0.25) is 0 Å². The van der Waals surface area contributed by atoms with Gasteiger partial charge in [0.15, 0.2) is 0 Å². The molecule has 2 heterocycles. The van der Waals surface area contributed by atoms with E-state index >= 15 is 0 Å². The van der Waals surface area contributed by atoms with Crippen molar-refractivity contribution in [1.82, 2.24) is 8.61 Å². The minimum Gasteiger partial charge on any atom is -0.207 e. The van der Waals surface area contributed by atoms with E-state index in [1.54, 1.807) is 32.9 Å². The highest BCUT2D eigenvalue weighted by Gasteiger charge is 2.34. The van der Waals surface area contributed by atoms with Crippen molar-refractivity contribution in [3.8, 4) is 0 Å². The maximum absolute atomic E-state index is 14.2. The second-order valence-corrected chi connectivity index (χ2v) is 20.7. The molecule has 0 aromatic heterocycles. The summed E-state index contributed by atoms with van der Waals surface area (Å²) in [6.45, 7) is 9.30. The summed E-state index contributed by atoms with van der Waals surface area (Å²) < 4.78 is 59.9. The maximum Gasteiger partial charge on any atom is 0.243 e. The van der Waals surface area contributed by atoms with E-state index in [0.29, 0.717) is 22.9 Å². The van der Waals surface area contributed by atoms with Crippen molar-refractivity contribution in [1.29, 1.82) is 0 Å². The minimum absolute atomic E-state index is 0.278. The lowest BCUT2D eigenvalue weighted by Gasteiger charge is -2.16. The molecular formula is C52H42N2O4S2. The van der Waals surface area contributed by atoms with Crippen LogP contribution in [0, 0.1) is 27.7 Å². The van der Waals surface area contributed by atoms with Crippen LogP contribution >= 0.6 is 0 Å². The summed E-state index contributed by atoms with van der Waals surface area (Å²) in [5.41, 5.74) is 8.35. The minimum atomic E-state index is -3.75. The summed E-state index contributed by atoms with van der Waals surface area (Å²) >= 11 is 0. The zero-order chi connectivity index (χ0) is 41.2. The van der Waals surface area contributed by atoms with Gasteiger partial charge >= 0.3 is 0 Å². The third-order valence-electron chi connectivity index (χ3n) is 13.1. The van der Waals surface area contributed by atoms with Crippen LogP contribution in [0.1, 0.15) is 44.5 Å². The van der Waals surface area contributed by atoms with Crippen LogP contribution < -0.4 is 0 Å². The molecule has 0 amide bonds. The lowest BCUT2D eigenvalue weighted by molar-refractivity contribution is 0.431. The second kappa shape index (κ2) is 13.3. The Balaban J connectivity index is 1.19. The Morgan fingerprint density at radius 3 is 1.05 bits per heavy atom. The van der Waals surface area contributed by atoms with Gasteiger partial charge in [0, 0.05) is 26.2 Å². The van der Waals surface area contributed by atoms with Crippen LogP contribution in [-0.2, 0) is 46.2 Å². The van der Waals surface area contributed by atoms with E-state index in [0.717, 1.165) is 109 Å². The molecule has 9 aromatic rings. The molecule has 0 fully saturated rings. The standard InChI is InChI=1S/C52H42N2O4S2/c1-31-5-17-43(18-6-31)59(55,56)53-27-47-33(3)21-45-37-13-9-36-12-16-40(26-42(36)23-37)52-46(38-14-10-35-11-15-39(25-41(35)24-38)51(45)49(47)29-53)22-34(4)48-28-54(30-50(48)52)60(57,58)44-19-7-32(2)8-20-44/h5-26H,27-30H2,1-4H3. The summed E-state index contributed by atoms with van der Waals surface area (Å²) in [4.78, 5) is 0.611. The van der Waals surface area contributed by atoms with E-state index in [1.807, 2.05) is 38.1 Å². The van der Waals surface area contributed by atoms with Crippen molar-refractivity contribution in [2.45, 2.75) is 63.7 Å². The first-order valence-electron chi connectivity index (χ1n) is 20.4. The van der Waals surface area contributed by atoms with E-state index in [9.17, 15) is 16.8 Å². The number of nitrogens with zero attached hydrogens (tertiary/aromatic N) is 2. The zero-order valence-corrected chi connectivity index (χ0v) is 35.5. The summed E-state index contributed by atoms with van der Waals surface area (Å²) in [5, 5.41) is 12.8. The lowest BCUT2D eigenvalue weighted by atomic mass is 9.91. The first-order valence-corrected chi connectivity index (χ1v) is 23.2. The van der Waals surface area contributed by atoms with Gasteiger partial charge in [-0.1, -0.05) is 96.1 Å². The largest absolute Gasteiger partial charge is 0.243 e. The Labute approximate surface area is 350 Å². The van der Waals surface area contributed by atoms with Crippen molar-refractivity contribution >= 4 is 84.7 Å². The van der Waals surface area contributed by atoms with Gasteiger partial charge in [0.2, 0.25) is 20.0 Å². The maximum atomic E-state index is 14.2. The Morgan fingerprint density at radius 2 is 0.667 bits per heavy atom. The van der Waals surface area contributed by atoms with Gasteiger partial charge in [-0.2, -0.15) is 8.61 Å². The average Bonchev–Trinajstić information content (AvgIpc) is 3.91. The van der Waals surface area contributed by atoms with Crippen molar-refractivity contribution in [2.75, 3.05) is 0 Å². The lowest BCUT2D eigenvalue weighted by Crippen LogP contribution is -2.25. The topological polar surface area (TPSA) is 74.8 Å². The molecule has 296 valence electrons. The SMILES string of the molecule is Cc1ccc(S(=O)(=O)N2Cc3c(C)cc4c5ccc6ccc(cc6c5)c5c6c(c(C)cc5c5ccc7ccc(cc7c5)c4c3C2)CN(S(=O)(=O)c2ccc(C)cc2)C6)cc1.